The third kappa shape index (κ3) is 6.58. The van der Waals surface area contributed by atoms with Gasteiger partial charge in [-0.3, -0.25) is 14.4 Å². The fourth-order valence-corrected chi connectivity index (χ4v) is 6.87. The number of hydrogen-bond donors (Lipinski definition) is 3. The SMILES string of the molecule is COc1cc2c(cc1OC)[C@@H](NC(=O)[C@@H](Nc1ccc3c(cc1=O)[C@@H](NC(C)=O)CCc1cc(OC)c(OC)c(OC)c1-3)C(C)C)CC2. The third-order valence-electron chi connectivity index (χ3n) is 9.22. The summed E-state index contributed by atoms with van der Waals surface area (Å²) in [5, 5.41) is 9.49. The summed E-state index contributed by atoms with van der Waals surface area (Å²) in [5.74, 6) is 2.10. The van der Waals surface area contributed by atoms with Crippen LogP contribution in [0.1, 0.15) is 68.0 Å². The van der Waals surface area contributed by atoms with Gasteiger partial charge in [-0.2, -0.15) is 0 Å². The number of carbonyl (C=O) groups is 2. The molecule has 48 heavy (non-hydrogen) atoms. The maximum Gasteiger partial charge on any atom is 0.243 e. The van der Waals surface area contributed by atoms with Crippen molar-refractivity contribution in [1.29, 1.82) is 0 Å². The van der Waals surface area contributed by atoms with Crippen LogP contribution in [0, 0.1) is 5.92 Å². The Balaban J connectivity index is 1.54. The monoisotopic (exact) mass is 659 g/mol. The lowest BCUT2D eigenvalue weighted by Gasteiger charge is -2.25. The molecule has 3 N–H and O–H groups in total. The highest BCUT2D eigenvalue weighted by molar-refractivity contribution is 5.86. The Morgan fingerprint density at radius 2 is 1.33 bits per heavy atom. The Bertz CT molecular complexity index is 1770. The Morgan fingerprint density at radius 1 is 0.729 bits per heavy atom. The smallest absolute Gasteiger partial charge is 0.243 e. The van der Waals surface area contributed by atoms with Gasteiger partial charge < -0.3 is 39.6 Å². The van der Waals surface area contributed by atoms with Gasteiger partial charge in [-0.05, 0) is 89.8 Å². The summed E-state index contributed by atoms with van der Waals surface area (Å²) >= 11 is 0. The highest BCUT2D eigenvalue weighted by atomic mass is 16.5. The molecule has 0 heterocycles. The summed E-state index contributed by atoms with van der Waals surface area (Å²) in [6, 6.07) is 9.52. The number of amides is 2. The summed E-state index contributed by atoms with van der Waals surface area (Å²) in [4.78, 5) is 40.1. The van der Waals surface area contributed by atoms with E-state index in [4.69, 9.17) is 23.7 Å². The predicted octanol–water partition coefficient (Wildman–Crippen LogP) is 5.12. The predicted molar refractivity (Wildman–Crippen MR) is 184 cm³/mol. The second-order valence-corrected chi connectivity index (χ2v) is 12.5. The first kappa shape index (κ1) is 34.4. The average Bonchev–Trinajstić information content (AvgIpc) is 3.30. The fourth-order valence-electron chi connectivity index (χ4n) is 6.87. The molecule has 11 heteroatoms. The number of aryl methyl sites for hydroxylation is 2. The van der Waals surface area contributed by atoms with E-state index in [0.717, 1.165) is 35.1 Å². The number of anilines is 1. The molecule has 0 radical (unpaired) electrons. The summed E-state index contributed by atoms with van der Waals surface area (Å²) < 4.78 is 28.2. The maximum absolute atomic E-state index is 13.9. The molecule has 3 atom stereocenters. The van der Waals surface area contributed by atoms with Crippen molar-refractivity contribution in [2.24, 2.45) is 5.92 Å². The number of benzene rings is 2. The highest BCUT2D eigenvalue weighted by Gasteiger charge is 2.32. The highest BCUT2D eigenvalue weighted by Crippen LogP contribution is 2.50. The molecule has 0 fully saturated rings. The van der Waals surface area contributed by atoms with Crippen LogP contribution in [0.5, 0.6) is 28.7 Å². The minimum Gasteiger partial charge on any atom is -0.493 e. The second kappa shape index (κ2) is 14.5. The van der Waals surface area contributed by atoms with Crippen LogP contribution >= 0.6 is 0 Å². The molecule has 3 aromatic rings. The largest absolute Gasteiger partial charge is 0.493 e. The van der Waals surface area contributed by atoms with Crippen LogP contribution in [-0.2, 0) is 22.4 Å². The van der Waals surface area contributed by atoms with Gasteiger partial charge in [-0.1, -0.05) is 19.9 Å². The van der Waals surface area contributed by atoms with Crippen molar-refractivity contribution in [2.75, 3.05) is 40.9 Å². The van der Waals surface area contributed by atoms with E-state index in [2.05, 4.69) is 16.0 Å². The van der Waals surface area contributed by atoms with Crippen molar-refractivity contribution < 1.29 is 33.3 Å². The molecule has 0 unspecified atom stereocenters. The van der Waals surface area contributed by atoms with Gasteiger partial charge in [0, 0.05) is 12.5 Å². The van der Waals surface area contributed by atoms with Gasteiger partial charge in [-0.25, -0.2) is 0 Å². The van der Waals surface area contributed by atoms with Crippen molar-refractivity contribution in [2.45, 2.75) is 64.6 Å². The molecule has 2 aliphatic carbocycles. The van der Waals surface area contributed by atoms with Crippen LogP contribution in [0.3, 0.4) is 0 Å². The van der Waals surface area contributed by atoms with Gasteiger partial charge in [0.15, 0.2) is 23.0 Å². The number of ether oxygens (including phenoxy) is 5. The molecular formula is C37H45N3O8. The summed E-state index contributed by atoms with van der Waals surface area (Å²) in [5.41, 5.74) is 5.08. The van der Waals surface area contributed by atoms with E-state index in [-0.39, 0.29) is 34.9 Å². The number of carbonyl (C=O) groups excluding carboxylic acids is 2. The zero-order valence-corrected chi connectivity index (χ0v) is 28.9. The second-order valence-electron chi connectivity index (χ2n) is 12.5. The summed E-state index contributed by atoms with van der Waals surface area (Å²) in [6.45, 7) is 5.33. The maximum atomic E-state index is 13.9. The van der Waals surface area contributed by atoms with Crippen molar-refractivity contribution in [3.05, 3.63) is 68.9 Å². The van der Waals surface area contributed by atoms with E-state index < -0.39 is 12.1 Å². The molecule has 11 nitrogen and oxygen atoms in total. The lowest BCUT2D eigenvalue weighted by molar-refractivity contribution is -0.123. The molecule has 0 saturated carbocycles. The lowest BCUT2D eigenvalue weighted by atomic mass is 9.95. The molecule has 0 saturated heterocycles. The molecule has 0 aliphatic heterocycles. The van der Waals surface area contributed by atoms with Gasteiger partial charge >= 0.3 is 0 Å². The molecular weight excluding hydrogens is 614 g/mol. The van der Waals surface area contributed by atoms with Gasteiger partial charge in [-0.15, -0.1) is 0 Å². The normalized spacial score (nSPS) is 16.8. The van der Waals surface area contributed by atoms with Crippen molar-refractivity contribution in [1.82, 2.24) is 10.6 Å². The van der Waals surface area contributed by atoms with E-state index in [1.54, 1.807) is 47.7 Å². The van der Waals surface area contributed by atoms with Crippen LogP contribution in [0.15, 0.2) is 41.2 Å². The molecule has 5 rings (SSSR count). The average molecular weight is 660 g/mol. The third-order valence-corrected chi connectivity index (χ3v) is 9.22. The van der Waals surface area contributed by atoms with Crippen molar-refractivity contribution >= 4 is 17.5 Å². The Labute approximate surface area is 281 Å². The minimum atomic E-state index is -0.707. The minimum absolute atomic E-state index is 0.149. The van der Waals surface area contributed by atoms with Crippen LogP contribution < -0.4 is 45.1 Å². The standard InChI is InChI=1S/C37H45N3O8/c1-19(2)34(37(43)40-26-12-9-21-15-30(44-4)31(45-5)18-24(21)26)39-28-14-11-23-25(17-29(28)42)27(38-20(3)41)13-10-22-16-32(46-6)35(47-7)36(48-8)33(22)23/h11,14-19,26-27,34H,9-10,12-13H2,1-8H3,(H,38,41)(H,39,42)(H,40,43)/t26-,27-,34-/m0/s1. The number of hydrogen-bond acceptors (Lipinski definition) is 9. The molecule has 256 valence electrons. The van der Waals surface area contributed by atoms with E-state index in [1.165, 1.54) is 6.92 Å². The van der Waals surface area contributed by atoms with E-state index >= 15 is 0 Å². The molecule has 2 aliphatic rings. The zero-order valence-electron chi connectivity index (χ0n) is 28.9. The molecule has 0 bridgehead atoms. The quantitative estimate of drug-likeness (QED) is 0.257. The lowest BCUT2D eigenvalue weighted by Crippen LogP contribution is -2.44. The number of fused-ring (bicyclic) bond motifs is 4. The molecule has 0 aromatic heterocycles. The Kier molecular flexibility index (Phi) is 10.4. The first-order chi connectivity index (χ1) is 23.0. The van der Waals surface area contributed by atoms with Crippen LogP contribution in [0.25, 0.3) is 11.1 Å². The van der Waals surface area contributed by atoms with Crippen LogP contribution in [0.4, 0.5) is 5.69 Å². The first-order valence-corrected chi connectivity index (χ1v) is 16.1. The van der Waals surface area contributed by atoms with E-state index in [9.17, 15) is 14.4 Å². The van der Waals surface area contributed by atoms with Crippen LogP contribution in [-0.4, -0.2) is 53.4 Å². The van der Waals surface area contributed by atoms with E-state index in [0.29, 0.717) is 52.7 Å². The van der Waals surface area contributed by atoms with Gasteiger partial charge in [0.1, 0.15) is 6.04 Å². The van der Waals surface area contributed by atoms with E-state index in [1.807, 2.05) is 38.1 Å². The topological polar surface area (TPSA) is 133 Å². The summed E-state index contributed by atoms with van der Waals surface area (Å²) in [7, 11) is 7.86. The van der Waals surface area contributed by atoms with Crippen molar-refractivity contribution in [3.63, 3.8) is 0 Å². The van der Waals surface area contributed by atoms with Gasteiger partial charge in [0.25, 0.3) is 0 Å². The molecule has 2 amide bonds. The zero-order chi connectivity index (χ0) is 34.7. The van der Waals surface area contributed by atoms with Gasteiger partial charge in [0.2, 0.25) is 23.0 Å². The number of methoxy groups -OCH3 is 5. The number of nitrogens with one attached hydrogen (secondary N) is 3. The van der Waals surface area contributed by atoms with Crippen LogP contribution in [0.2, 0.25) is 0 Å². The van der Waals surface area contributed by atoms with Gasteiger partial charge in [0.05, 0.1) is 53.3 Å². The Morgan fingerprint density at radius 3 is 1.94 bits per heavy atom. The number of rotatable bonds is 11. The summed E-state index contributed by atoms with van der Waals surface area (Å²) in [6.07, 6.45) is 2.67. The van der Waals surface area contributed by atoms with Crippen molar-refractivity contribution in [3.8, 4) is 39.9 Å². The Hall–Kier alpha value is -4.93. The molecule has 3 aromatic carbocycles. The fraction of sp³-hybridized carbons (Fsp3) is 0.432. The molecule has 0 spiro atoms. The first-order valence-electron chi connectivity index (χ1n) is 16.1.